The lowest BCUT2D eigenvalue weighted by Gasteiger charge is -2.34. The second-order valence-corrected chi connectivity index (χ2v) is 12.2. The standard InChI is InChI=1S/C25H38N4O5S/c1-6-28(7-2)35(33,34)21-10-8-20(9-11-21)26-23(31)18-12-14-27(15-13-18)24(32)19-16-22(30)29(17-19)25(3,4)5/h8-11,18-19H,6-7,12-17H2,1-5H3,(H,26,31). The molecule has 10 heteroatoms. The van der Waals surface area contributed by atoms with Gasteiger partial charge in [0.25, 0.3) is 0 Å². The van der Waals surface area contributed by atoms with E-state index in [0.717, 1.165) is 0 Å². The van der Waals surface area contributed by atoms with Crippen molar-refractivity contribution in [2.45, 2.75) is 64.3 Å². The number of piperidine rings is 1. The minimum Gasteiger partial charge on any atom is -0.342 e. The topological polar surface area (TPSA) is 107 Å². The van der Waals surface area contributed by atoms with Gasteiger partial charge < -0.3 is 15.1 Å². The molecule has 1 N–H and O–H groups in total. The molecule has 2 fully saturated rings. The zero-order chi connectivity index (χ0) is 26.0. The van der Waals surface area contributed by atoms with Crippen molar-refractivity contribution in [3.05, 3.63) is 24.3 Å². The van der Waals surface area contributed by atoms with Crippen LogP contribution in [0, 0.1) is 11.8 Å². The monoisotopic (exact) mass is 506 g/mol. The Labute approximate surface area is 208 Å². The zero-order valence-electron chi connectivity index (χ0n) is 21.4. The van der Waals surface area contributed by atoms with Crippen LogP contribution in [0.4, 0.5) is 5.69 Å². The Kier molecular flexibility index (Phi) is 8.26. The van der Waals surface area contributed by atoms with E-state index in [1.807, 2.05) is 20.8 Å². The van der Waals surface area contributed by atoms with E-state index < -0.39 is 10.0 Å². The first-order valence-corrected chi connectivity index (χ1v) is 13.8. The number of nitrogens with one attached hydrogen (secondary N) is 1. The smallest absolute Gasteiger partial charge is 0.243 e. The summed E-state index contributed by atoms with van der Waals surface area (Å²) >= 11 is 0. The quantitative estimate of drug-likeness (QED) is 0.612. The lowest BCUT2D eigenvalue weighted by molar-refractivity contribution is -0.138. The summed E-state index contributed by atoms with van der Waals surface area (Å²) in [4.78, 5) is 41.9. The van der Waals surface area contributed by atoms with Gasteiger partial charge in [-0.05, 0) is 57.9 Å². The van der Waals surface area contributed by atoms with Crippen molar-refractivity contribution in [2.75, 3.05) is 38.0 Å². The van der Waals surface area contributed by atoms with E-state index >= 15 is 0 Å². The van der Waals surface area contributed by atoms with E-state index in [1.54, 1.807) is 35.8 Å². The molecule has 0 bridgehead atoms. The Hall–Kier alpha value is -2.46. The normalized spacial score (nSPS) is 19.9. The highest BCUT2D eigenvalue weighted by molar-refractivity contribution is 7.89. The minimum atomic E-state index is -3.54. The summed E-state index contributed by atoms with van der Waals surface area (Å²) < 4.78 is 26.6. The van der Waals surface area contributed by atoms with Crippen LogP contribution in [-0.4, -0.2) is 78.5 Å². The Morgan fingerprint density at radius 3 is 2.09 bits per heavy atom. The lowest BCUT2D eigenvalue weighted by atomic mass is 9.94. The molecule has 9 nitrogen and oxygen atoms in total. The SMILES string of the molecule is CCN(CC)S(=O)(=O)c1ccc(NC(=O)C2CCN(C(=O)C3CC(=O)N(C(C)(C)C)C3)CC2)cc1. The molecule has 2 saturated heterocycles. The molecule has 0 saturated carbocycles. The first kappa shape index (κ1) is 27.1. The molecule has 1 unspecified atom stereocenters. The number of hydrogen-bond donors (Lipinski definition) is 1. The molecule has 3 amide bonds. The number of carbonyl (C=O) groups excluding carboxylic acids is 3. The maximum atomic E-state index is 13.0. The molecule has 1 aromatic carbocycles. The Morgan fingerprint density at radius 1 is 1.03 bits per heavy atom. The number of amides is 3. The number of sulfonamides is 1. The molecular formula is C25H38N4O5S. The van der Waals surface area contributed by atoms with Crippen LogP contribution in [0.3, 0.4) is 0 Å². The van der Waals surface area contributed by atoms with Crippen LogP contribution in [0.25, 0.3) is 0 Å². The Bertz CT molecular complexity index is 1040. The van der Waals surface area contributed by atoms with Crippen LogP contribution in [0.5, 0.6) is 0 Å². The van der Waals surface area contributed by atoms with E-state index in [4.69, 9.17) is 0 Å². The van der Waals surface area contributed by atoms with E-state index in [0.29, 0.717) is 51.3 Å². The van der Waals surface area contributed by atoms with Crippen LogP contribution in [0.2, 0.25) is 0 Å². The Balaban J connectivity index is 1.53. The van der Waals surface area contributed by atoms with Gasteiger partial charge in [0, 0.05) is 56.3 Å². The van der Waals surface area contributed by atoms with Crippen LogP contribution < -0.4 is 5.32 Å². The molecule has 0 aromatic heterocycles. The molecule has 0 radical (unpaired) electrons. The molecule has 35 heavy (non-hydrogen) atoms. The number of hydrogen-bond acceptors (Lipinski definition) is 5. The highest BCUT2D eigenvalue weighted by Gasteiger charge is 2.41. The molecular weight excluding hydrogens is 468 g/mol. The van der Waals surface area contributed by atoms with Crippen molar-refractivity contribution in [3.63, 3.8) is 0 Å². The minimum absolute atomic E-state index is 0.00559. The van der Waals surface area contributed by atoms with Gasteiger partial charge in [0.05, 0.1) is 10.8 Å². The third-order valence-electron chi connectivity index (χ3n) is 6.93. The molecule has 3 rings (SSSR count). The van der Waals surface area contributed by atoms with E-state index in [-0.39, 0.29) is 46.4 Å². The van der Waals surface area contributed by atoms with E-state index in [9.17, 15) is 22.8 Å². The molecule has 1 aromatic rings. The van der Waals surface area contributed by atoms with Gasteiger partial charge in [0.15, 0.2) is 0 Å². The van der Waals surface area contributed by atoms with Crippen LogP contribution in [0.15, 0.2) is 29.2 Å². The third-order valence-corrected chi connectivity index (χ3v) is 8.99. The van der Waals surface area contributed by atoms with Gasteiger partial charge in [-0.15, -0.1) is 0 Å². The number of nitrogens with zero attached hydrogens (tertiary/aromatic N) is 3. The van der Waals surface area contributed by atoms with Crippen molar-refractivity contribution in [2.24, 2.45) is 11.8 Å². The van der Waals surface area contributed by atoms with Crippen LogP contribution in [-0.2, 0) is 24.4 Å². The van der Waals surface area contributed by atoms with Gasteiger partial charge >= 0.3 is 0 Å². The second kappa shape index (κ2) is 10.7. The molecule has 0 spiro atoms. The highest BCUT2D eigenvalue weighted by Crippen LogP contribution is 2.29. The predicted octanol–water partition coefficient (Wildman–Crippen LogP) is 2.54. The molecule has 194 valence electrons. The van der Waals surface area contributed by atoms with Crippen molar-refractivity contribution in [1.82, 2.24) is 14.1 Å². The van der Waals surface area contributed by atoms with Crippen molar-refractivity contribution in [3.8, 4) is 0 Å². The van der Waals surface area contributed by atoms with Crippen LogP contribution in [0.1, 0.15) is 53.9 Å². The second-order valence-electron chi connectivity index (χ2n) is 10.3. The van der Waals surface area contributed by atoms with E-state index in [1.165, 1.54) is 16.4 Å². The maximum absolute atomic E-state index is 13.0. The van der Waals surface area contributed by atoms with Crippen molar-refractivity contribution >= 4 is 33.4 Å². The summed E-state index contributed by atoms with van der Waals surface area (Å²) in [5, 5.41) is 2.87. The number of likely N-dealkylation sites (tertiary alicyclic amines) is 2. The van der Waals surface area contributed by atoms with Gasteiger partial charge in [-0.2, -0.15) is 4.31 Å². The van der Waals surface area contributed by atoms with E-state index in [2.05, 4.69) is 5.32 Å². The summed E-state index contributed by atoms with van der Waals surface area (Å²) in [5.41, 5.74) is 0.240. The van der Waals surface area contributed by atoms with Crippen molar-refractivity contribution < 1.29 is 22.8 Å². The highest BCUT2D eigenvalue weighted by atomic mass is 32.2. The fourth-order valence-corrected chi connectivity index (χ4v) is 6.27. The summed E-state index contributed by atoms with van der Waals surface area (Å²) in [6.45, 7) is 11.7. The molecule has 2 aliphatic heterocycles. The lowest BCUT2D eigenvalue weighted by Crippen LogP contribution is -2.46. The van der Waals surface area contributed by atoms with Gasteiger partial charge in [0.1, 0.15) is 0 Å². The first-order chi connectivity index (χ1) is 16.4. The van der Waals surface area contributed by atoms with Crippen molar-refractivity contribution in [1.29, 1.82) is 0 Å². The summed E-state index contributed by atoms with van der Waals surface area (Å²) in [7, 11) is -3.54. The molecule has 2 aliphatic rings. The zero-order valence-corrected chi connectivity index (χ0v) is 22.2. The number of benzene rings is 1. The summed E-state index contributed by atoms with van der Waals surface area (Å²) in [6, 6.07) is 6.22. The summed E-state index contributed by atoms with van der Waals surface area (Å²) in [5.74, 6) is -0.672. The maximum Gasteiger partial charge on any atom is 0.243 e. The summed E-state index contributed by atoms with van der Waals surface area (Å²) in [6.07, 6.45) is 1.35. The molecule has 2 heterocycles. The largest absolute Gasteiger partial charge is 0.342 e. The average Bonchev–Trinajstić information content (AvgIpc) is 3.22. The van der Waals surface area contributed by atoms with Crippen LogP contribution >= 0.6 is 0 Å². The first-order valence-electron chi connectivity index (χ1n) is 12.4. The molecule has 1 atom stereocenters. The predicted molar refractivity (Wildman–Crippen MR) is 134 cm³/mol. The third kappa shape index (κ3) is 6.03. The average molecular weight is 507 g/mol. The number of anilines is 1. The molecule has 0 aliphatic carbocycles. The fraction of sp³-hybridized carbons (Fsp3) is 0.640. The van der Waals surface area contributed by atoms with Gasteiger partial charge in [-0.1, -0.05) is 13.8 Å². The number of carbonyl (C=O) groups is 3. The fourth-order valence-electron chi connectivity index (χ4n) is 4.81. The van der Waals surface area contributed by atoms with Gasteiger partial charge in [-0.25, -0.2) is 8.42 Å². The number of rotatable bonds is 7. The van der Waals surface area contributed by atoms with Gasteiger partial charge in [0.2, 0.25) is 27.7 Å². The van der Waals surface area contributed by atoms with Gasteiger partial charge in [-0.3, -0.25) is 14.4 Å². The Morgan fingerprint density at radius 2 is 1.60 bits per heavy atom.